The number of carboxylic acids is 1. The van der Waals surface area contributed by atoms with Gasteiger partial charge >= 0.3 is 5.97 Å². The predicted octanol–water partition coefficient (Wildman–Crippen LogP) is 4.18. The first-order valence-electron chi connectivity index (χ1n) is 5.05. The molecule has 0 unspecified atom stereocenters. The van der Waals surface area contributed by atoms with Crippen LogP contribution in [0.15, 0.2) is 12.1 Å². The van der Waals surface area contributed by atoms with Crippen molar-refractivity contribution in [3.8, 4) is 0 Å². The number of likely N-dealkylation sites (N-methyl/N-ethyl adjacent to an activating group) is 1. The fraction of sp³-hybridized carbons (Fsp3) is 0.273. The largest absolute Gasteiger partial charge is 0.480 e. The van der Waals surface area contributed by atoms with Gasteiger partial charge in [0.05, 0.1) is 10.0 Å². The van der Waals surface area contributed by atoms with Gasteiger partial charge in [0.1, 0.15) is 10.9 Å². The molecule has 1 rings (SSSR count). The zero-order valence-electron chi connectivity index (χ0n) is 9.82. The average Bonchev–Trinajstić information content (AvgIpc) is 2.33. The van der Waals surface area contributed by atoms with Gasteiger partial charge in [-0.1, -0.05) is 58.8 Å². The summed E-state index contributed by atoms with van der Waals surface area (Å²) >= 11 is 24.4. The van der Waals surface area contributed by atoms with Crippen LogP contribution < -0.4 is 0 Å². The summed E-state index contributed by atoms with van der Waals surface area (Å²) in [5.41, 5.74) is 0.687. The van der Waals surface area contributed by atoms with E-state index in [4.69, 9.17) is 52.1 Å². The number of benzene rings is 1. The minimum atomic E-state index is -0.940. The number of hydrogen-bond donors (Lipinski definition) is 1. The van der Waals surface area contributed by atoms with Crippen LogP contribution in [0.1, 0.15) is 5.56 Å². The van der Waals surface area contributed by atoms with E-state index < -0.39 is 5.97 Å². The van der Waals surface area contributed by atoms with Gasteiger partial charge in [0.25, 0.3) is 0 Å². The second-order valence-electron chi connectivity index (χ2n) is 3.63. The number of thioether (sulfide) groups is 1. The Hall–Kier alpha value is -0.200. The second-order valence-corrected chi connectivity index (χ2v) is 6.43. The van der Waals surface area contributed by atoms with Crippen LogP contribution in [0.3, 0.4) is 0 Å². The molecule has 0 saturated carbocycles. The van der Waals surface area contributed by atoms with Gasteiger partial charge in [0.15, 0.2) is 0 Å². The van der Waals surface area contributed by atoms with Gasteiger partial charge in [-0.05, 0) is 12.1 Å². The highest BCUT2D eigenvalue weighted by molar-refractivity contribution is 8.22. The average molecular weight is 359 g/mol. The quantitative estimate of drug-likeness (QED) is 0.646. The first-order valence-corrected chi connectivity index (χ1v) is 7.57. The van der Waals surface area contributed by atoms with Crippen LogP contribution in [0, 0.1) is 0 Å². The lowest BCUT2D eigenvalue weighted by Gasteiger charge is -2.17. The number of rotatable bonds is 4. The van der Waals surface area contributed by atoms with Crippen molar-refractivity contribution in [2.24, 2.45) is 0 Å². The Morgan fingerprint density at radius 3 is 2.53 bits per heavy atom. The Kier molecular flexibility index (Phi) is 6.69. The number of carboxylic acid groups (broad SMARTS) is 1. The first kappa shape index (κ1) is 16.9. The van der Waals surface area contributed by atoms with Crippen LogP contribution in [-0.4, -0.2) is 33.9 Å². The maximum Gasteiger partial charge on any atom is 0.323 e. The smallest absolute Gasteiger partial charge is 0.323 e. The molecule has 0 aliphatic carbocycles. The molecule has 0 heterocycles. The van der Waals surface area contributed by atoms with Gasteiger partial charge < -0.3 is 10.0 Å². The summed E-state index contributed by atoms with van der Waals surface area (Å²) in [5.74, 6) is -0.509. The summed E-state index contributed by atoms with van der Waals surface area (Å²) in [4.78, 5) is 12.0. The van der Waals surface area contributed by atoms with Gasteiger partial charge in [-0.3, -0.25) is 4.79 Å². The number of aliphatic carboxylic acids is 1. The molecule has 0 fully saturated rings. The van der Waals surface area contributed by atoms with Crippen molar-refractivity contribution in [1.82, 2.24) is 4.90 Å². The Morgan fingerprint density at radius 2 is 1.95 bits per heavy atom. The Balaban J connectivity index is 2.70. The number of hydrogen-bond acceptors (Lipinski definition) is 3. The van der Waals surface area contributed by atoms with E-state index in [2.05, 4.69) is 0 Å². The molecule has 0 saturated heterocycles. The molecule has 0 aliphatic rings. The molecule has 0 bridgehead atoms. The van der Waals surface area contributed by atoms with E-state index in [1.807, 2.05) is 0 Å². The molecular formula is C11H10Cl3NO2S2. The Labute approximate surface area is 135 Å². The van der Waals surface area contributed by atoms with Crippen molar-refractivity contribution in [3.05, 3.63) is 32.8 Å². The molecule has 1 aromatic rings. The molecule has 0 aromatic heterocycles. The number of nitrogens with zero attached hydrogens (tertiary/aromatic N) is 1. The third-order valence-corrected chi connectivity index (χ3v) is 5.02. The van der Waals surface area contributed by atoms with Gasteiger partial charge in [-0.2, -0.15) is 0 Å². The maximum atomic E-state index is 10.6. The van der Waals surface area contributed by atoms with Crippen molar-refractivity contribution in [1.29, 1.82) is 0 Å². The van der Waals surface area contributed by atoms with Crippen molar-refractivity contribution in [2.45, 2.75) is 5.75 Å². The molecule has 8 heteroatoms. The summed E-state index contributed by atoms with van der Waals surface area (Å²) in [5, 5.41) is 9.99. The Bertz CT molecular complexity index is 511. The van der Waals surface area contributed by atoms with Crippen LogP contribution in [-0.2, 0) is 10.5 Å². The van der Waals surface area contributed by atoms with Crippen LogP contribution in [0.4, 0.5) is 0 Å². The van der Waals surface area contributed by atoms with Crippen LogP contribution in [0.5, 0.6) is 0 Å². The minimum Gasteiger partial charge on any atom is -0.480 e. The summed E-state index contributed by atoms with van der Waals surface area (Å²) < 4.78 is 0.453. The standard InChI is InChI=1S/C11H10Cl3NO2S2/c1-15(4-9(16)17)11(18)19-5-6-7(12)2-3-8(13)10(6)14/h2-3H,4-5H2,1H3,(H,16,17). The van der Waals surface area contributed by atoms with E-state index in [-0.39, 0.29) is 6.54 Å². The monoisotopic (exact) mass is 357 g/mol. The summed E-state index contributed by atoms with van der Waals surface area (Å²) in [6, 6.07) is 3.28. The summed E-state index contributed by atoms with van der Waals surface area (Å²) in [6.07, 6.45) is 0. The third kappa shape index (κ3) is 5.00. The third-order valence-electron chi connectivity index (χ3n) is 2.16. The zero-order valence-corrected chi connectivity index (χ0v) is 13.7. The summed E-state index contributed by atoms with van der Waals surface area (Å²) in [6.45, 7) is -0.150. The number of thiocarbonyl (C=S) groups is 1. The molecule has 0 atom stereocenters. The lowest BCUT2D eigenvalue weighted by Crippen LogP contribution is -2.28. The van der Waals surface area contributed by atoms with Gasteiger partial charge in [-0.25, -0.2) is 0 Å². The van der Waals surface area contributed by atoms with E-state index in [1.54, 1.807) is 19.2 Å². The molecule has 0 spiro atoms. The SMILES string of the molecule is CN(CC(=O)O)C(=S)SCc1c(Cl)ccc(Cl)c1Cl. The van der Waals surface area contributed by atoms with Gasteiger partial charge in [0, 0.05) is 23.4 Å². The molecule has 3 nitrogen and oxygen atoms in total. The van der Waals surface area contributed by atoms with Crippen molar-refractivity contribution in [2.75, 3.05) is 13.6 Å². The molecule has 0 amide bonds. The fourth-order valence-corrected chi connectivity index (χ4v) is 3.15. The maximum absolute atomic E-state index is 10.6. The first-order chi connectivity index (χ1) is 8.82. The lowest BCUT2D eigenvalue weighted by molar-refractivity contribution is -0.137. The van der Waals surface area contributed by atoms with Crippen molar-refractivity contribution in [3.63, 3.8) is 0 Å². The molecule has 1 N–H and O–H groups in total. The topological polar surface area (TPSA) is 40.5 Å². The van der Waals surface area contributed by atoms with Gasteiger partial charge in [0.2, 0.25) is 0 Å². The highest BCUT2D eigenvalue weighted by atomic mass is 35.5. The van der Waals surface area contributed by atoms with Crippen molar-refractivity contribution < 1.29 is 9.90 Å². The van der Waals surface area contributed by atoms with E-state index in [9.17, 15) is 4.79 Å². The van der Waals surface area contributed by atoms with Gasteiger partial charge in [-0.15, -0.1) is 0 Å². The van der Waals surface area contributed by atoms with E-state index in [0.29, 0.717) is 30.7 Å². The highest BCUT2D eigenvalue weighted by Gasteiger charge is 2.13. The predicted molar refractivity (Wildman–Crippen MR) is 85.6 cm³/mol. The van der Waals surface area contributed by atoms with Crippen LogP contribution in [0.25, 0.3) is 0 Å². The second kappa shape index (κ2) is 7.55. The van der Waals surface area contributed by atoms with Crippen molar-refractivity contribution >= 4 is 69.1 Å². The van der Waals surface area contributed by atoms with E-state index in [0.717, 1.165) is 0 Å². The fourth-order valence-electron chi connectivity index (χ4n) is 1.21. The molecule has 0 radical (unpaired) electrons. The molecular weight excluding hydrogens is 349 g/mol. The minimum absolute atomic E-state index is 0.150. The van der Waals surface area contributed by atoms with E-state index in [1.165, 1.54) is 16.7 Å². The zero-order chi connectivity index (χ0) is 14.6. The lowest BCUT2D eigenvalue weighted by atomic mass is 10.2. The molecule has 0 aliphatic heterocycles. The number of halogens is 3. The van der Waals surface area contributed by atoms with Crippen LogP contribution in [0.2, 0.25) is 15.1 Å². The highest BCUT2D eigenvalue weighted by Crippen LogP contribution is 2.34. The normalized spacial score (nSPS) is 10.3. The van der Waals surface area contributed by atoms with Crippen LogP contribution >= 0.6 is 58.8 Å². The van der Waals surface area contributed by atoms with E-state index >= 15 is 0 Å². The Morgan fingerprint density at radius 1 is 1.37 bits per heavy atom. The molecule has 19 heavy (non-hydrogen) atoms. The molecule has 104 valence electrons. The summed E-state index contributed by atoms with van der Waals surface area (Å²) in [7, 11) is 1.62. The number of carbonyl (C=O) groups is 1. The molecule has 1 aromatic carbocycles.